The van der Waals surface area contributed by atoms with Crippen LogP contribution in [-0.2, 0) is 19.4 Å². The zero-order valence-electron chi connectivity index (χ0n) is 13.8. The third-order valence-electron chi connectivity index (χ3n) is 4.33. The van der Waals surface area contributed by atoms with Gasteiger partial charge in [-0.3, -0.25) is 4.90 Å². The SMILES string of the molecule is O=C(CCC1CN(c2ccc(N3CCS(=O)(=O)C3)c(F)c2)C(=O)O1)[NH2+][O-]. The third-order valence-corrected chi connectivity index (χ3v) is 5.84. The largest absolute Gasteiger partial charge is 0.628 e. The number of hydroxylamine groups is 1. The Hall–Kier alpha value is -2.24. The van der Waals surface area contributed by atoms with Gasteiger partial charge in [0.2, 0.25) is 0 Å². The van der Waals surface area contributed by atoms with E-state index in [2.05, 4.69) is 0 Å². The number of primary amides is 1. The summed E-state index contributed by atoms with van der Waals surface area (Å²) in [6.07, 6.45) is -1.03. The van der Waals surface area contributed by atoms with Gasteiger partial charge in [0.25, 0.3) is 0 Å². The first kappa shape index (κ1) is 18.5. The summed E-state index contributed by atoms with van der Waals surface area (Å²) < 4.78 is 42.6. The second-order valence-corrected chi connectivity index (χ2v) is 8.37. The number of carbonyl (C=O) groups is 2. The molecule has 1 unspecified atom stereocenters. The van der Waals surface area contributed by atoms with Crippen molar-refractivity contribution in [3.05, 3.63) is 29.2 Å². The van der Waals surface area contributed by atoms with E-state index in [1.54, 1.807) is 0 Å². The summed E-state index contributed by atoms with van der Waals surface area (Å²) in [6.45, 7) is 0.360. The fourth-order valence-corrected chi connectivity index (χ4v) is 4.34. The van der Waals surface area contributed by atoms with Crippen LogP contribution in [0.15, 0.2) is 18.2 Å². The van der Waals surface area contributed by atoms with Crippen molar-refractivity contribution in [1.82, 2.24) is 0 Å². The van der Waals surface area contributed by atoms with Crippen LogP contribution in [0.4, 0.5) is 20.6 Å². The summed E-state index contributed by atoms with van der Waals surface area (Å²) >= 11 is 0. The minimum Gasteiger partial charge on any atom is -0.628 e. The van der Waals surface area contributed by atoms with E-state index < -0.39 is 33.8 Å². The van der Waals surface area contributed by atoms with Gasteiger partial charge in [-0.25, -0.2) is 22.4 Å². The lowest BCUT2D eigenvalue weighted by atomic mass is 10.2. The Kier molecular flexibility index (Phi) is 5.12. The summed E-state index contributed by atoms with van der Waals surface area (Å²) in [5.41, 5.74) is 0.666. The highest BCUT2D eigenvalue weighted by molar-refractivity contribution is 7.91. The van der Waals surface area contributed by atoms with Crippen LogP contribution in [0.25, 0.3) is 0 Å². The molecular formula is C15H18FN3O6S. The number of ether oxygens (including phenoxy) is 1. The maximum absolute atomic E-state index is 14.4. The summed E-state index contributed by atoms with van der Waals surface area (Å²) in [5, 5.41) is 10.3. The van der Waals surface area contributed by atoms with E-state index in [9.17, 15) is 27.6 Å². The second kappa shape index (κ2) is 7.17. The number of carbonyl (C=O) groups excluding carboxylic acids is 2. The Balaban J connectivity index is 1.69. The van der Waals surface area contributed by atoms with Gasteiger partial charge < -0.3 is 20.3 Å². The molecule has 2 aliphatic heterocycles. The average molecular weight is 387 g/mol. The molecule has 1 aromatic rings. The molecule has 11 heteroatoms. The molecule has 3 rings (SSSR count). The number of quaternary nitrogens is 1. The predicted molar refractivity (Wildman–Crippen MR) is 89.5 cm³/mol. The monoisotopic (exact) mass is 387 g/mol. The molecule has 0 aliphatic carbocycles. The predicted octanol–water partition coefficient (Wildman–Crippen LogP) is -0.289. The molecule has 2 amide bonds. The molecule has 9 nitrogen and oxygen atoms in total. The average Bonchev–Trinajstić information content (AvgIpc) is 3.14. The van der Waals surface area contributed by atoms with Gasteiger partial charge in [0.05, 0.1) is 30.1 Å². The molecule has 1 aromatic carbocycles. The number of nitrogens with two attached hydrogens (primary N) is 1. The van der Waals surface area contributed by atoms with Gasteiger partial charge in [0.1, 0.15) is 17.8 Å². The maximum atomic E-state index is 14.4. The summed E-state index contributed by atoms with van der Waals surface area (Å²) in [6, 6.07) is 4.10. The Morgan fingerprint density at radius 2 is 2.19 bits per heavy atom. The number of cyclic esters (lactones) is 1. The minimum atomic E-state index is -3.20. The molecular weight excluding hydrogens is 369 g/mol. The molecule has 1 atom stereocenters. The number of halogens is 1. The first-order valence-electron chi connectivity index (χ1n) is 8.00. The van der Waals surface area contributed by atoms with Gasteiger partial charge in [-0.05, 0) is 24.6 Å². The number of sulfone groups is 1. The summed E-state index contributed by atoms with van der Waals surface area (Å²) in [4.78, 5) is 25.7. The Morgan fingerprint density at radius 3 is 2.81 bits per heavy atom. The molecule has 2 fully saturated rings. The first-order valence-corrected chi connectivity index (χ1v) is 9.82. The van der Waals surface area contributed by atoms with Crippen molar-refractivity contribution in [2.24, 2.45) is 0 Å². The molecule has 0 radical (unpaired) electrons. The van der Waals surface area contributed by atoms with E-state index in [0.29, 0.717) is 0 Å². The molecule has 142 valence electrons. The highest BCUT2D eigenvalue weighted by atomic mass is 32.2. The van der Waals surface area contributed by atoms with Crippen LogP contribution in [0.5, 0.6) is 0 Å². The molecule has 0 spiro atoms. The highest BCUT2D eigenvalue weighted by Gasteiger charge is 2.34. The Labute approximate surface area is 149 Å². The van der Waals surface area contributed by atoms with Crippen molar-refractivity contribution in [3.8, 4) is 0 Å². The number of rotatable bonds is 5. The third kappa shape index (κ3) is 3.94. The topological polar surface area (TPSA) is 124 Å². The van der Waals surface area contributed by atoms with E-state index in [4.69, 9.17) is 4.74 Å². The molecule has 2 saturated heterocycles. The molecule has 26 heavy (non-hydrogen) atoms. The van der Waals surface area contributed by atoms with Crippen LogP contribution < -0.4 is 15.3 Å². The fraction of sp³-hybridized carbons (Fsp3) is 0.467. The van der Waals surface area contributed by atoms with Gasteiger partial charge in [-0.1, -0.05) is 0 Å². The van der Waals surface area contributed by atoms with Crippen LogP contribution in [0.1, 0.15) is 12.8 Å². The number of nitrogens with zero attached hydrogens (tertiary/aromatic N) is 2. The number of amides is 2. The number of benzene rings is 1. The summed E-state index contributed by atoms with van der Waals surface area (Å²) in [5.74, 6) is -1.46. The van der Waals surface area contributed by atoms with E-state index in [0.717, 1.165) is 6.07 Å². The summed E-state index contributed by atoms with van der Waals surface area (Å²) in [7, 11) is -3.20. The molecule has 0 saturated carbocycles. The fourth-order valence-electron chi connectivity index (χ4n) is 2.97. The lowest BCUT2D eigenvalue weighted by Crippen LogP contribution is -2.81. The van der Waals surface area contributed by atoms with Crippen molar-refractivity contribution in [2.75, 3.05) is 34.5 Å². The van der Waals surface area contributed by atoms with Gasteiger partial charge in [-0.15, -0.1) is 0 Å². The Morgan fingerprint density at radius 1 is 1.42 bits per heavy atom. The van der Waals surface area contributed by atoms with Crippen LogP contribution in [0, 0.1) is 11.0 Å². The quantitative estimate of drug-likeness (QED) is 0.689. The van der Waals surface area contributed by atoms with E-state index in [1.807, 2.05) is 0 Å². The normalized spacial score (nSPS) is 21.9. The van der Waals surface area contributed by atoms with Gasteiger partial charge >= 0.3 is 12.0 Å². The first-order chi connectivity index (χ1) is 12.3. The molecule has 2 aliphatic rings. The van der Waals surface area contributed by atoms with Crippen molar-refractivity contribution >= 4 is 33.2 Å². The number of anilines is 2. The van der Waals surface area contributed by atoms with Crippen molar-refractivity contribution in [3.63, 3.8) is 0 Å². The van der Waals surface area contributed by atoms with Crippen LogP contribution in [0.2, 0.25) is 0 Å². The number of hydrogen-bond donors (Lipinski definition) is 1. The molecule has 2 N–H and O–H groups in total. The van der Waals surface area contributed by atoms with E-state index in [1.165, 1.54) is 21.9 Å². The smallest absolute Gasteiger partial charge is 0.414 e. The maximum Gasteiger partial charge on any atom is 0.414 e. The lowest BCUT2D eigenvalue weighted by molar-refractivity contribution is -0.500. The van der Waals surface area contributed by atoms with Crippen LogP contribution >= 0.6 is 0 Å². The molecule has 2 heterocycles. The van der Waals surface area contributed by atoms with Crippen molar-refractivity contribution in [1.29, 1.82) is 0 Å². The van der Waals surface area contributed by atoms with E-state index in [-0.39, 0.29) is 54.4 Å². The molecule has 0 aromatic heterocycles. The zero-order valence-corrected chi connectivity index (χ0v) is 14.6. The standard InChI is InChI=1S/C15H18FN3O6S/c16-12-7-10(1-3-13(12)18-5-6-26(23,24)9-18)19-8-11(25-15(19)21)2-4-14(20)17-22/h1,3,7,11H,2,4-6,8-9,17H2. The minimum absolute atomic E-state index is 0.0200. The van der Waals surface area contributed by atoms with Crippen molar-refractivity contribution < 1.29 is 32.6 Å². The molecule has 0 bridgehead atoms. The van der Waals surface area contributed by atoms with Gasteiger partial charge in [-0.2, -0.15) is 0 Å². The van der Waals surface area contributed by atoms with E-state index >= 15 is 0 Å². The van der Waals surface area contributed by atoms with Gasteiger partial charge in [0.15, 0.2) is 9.84 Å². The Bertz CT molecular complexity index is 831. The van der Waals surface area contributed by atoms with Crippen LogP contribution in [0.3, 0.4) is 0 Å². The van der Waals surface area contributed by atoms with Gasteiger partial charge in [0, 0.05) is 6.54 Å². The lowest BCUT2D eigenvalue weighted by Gasteiger charge is -2.19. The number of hydrogen-bond acceptors (Lipinski definition) is 7. The zero-order chi connectivity index (χ0) is 18.9. The van der Waals surface area contributed by atoms with Crippen LogP contribution in [-0.4, -0.2) is 51.2 Å². The second-order valence-electron chi connectivity index (χ2n) is 6.22. The highest BCUT2D eigenvalue weighted by Crippen LogP contribution is 2.30. The van der Waals surface area contributed by atoms with Crippen molar-refractivity contribution in [2.45, 2.75) is 18.9 Å².